The SMILES string of the molecule is CO[C@@H](COC(=O)c1ccccc1)[C@@H](C)[C@@H](O)[C@@H](O)COC(=O)c1ccccc1. The molecule has 0 aromatic heterocycles. The third-order valence-electron chi connectivity index (χ3n) is 4.60. The second kappa shape index (κ2) is 11.3. The molecule has 0 aliphatic heterocycles. The summed E-state index contributed by atoms with van der Waals surface area (Å²) in [5.41, 5.74) is 0.758. The van der Waals surface area contributed by atoms with Gasteiger partial charge in [-0.1, -0.05) is 43.3 Å². The molecule has 7 heteroatoms. The summed E-state index contributed by atoms with van der Waals surface area (Å²) in [6.45, 7) is 1.18. The Morgan fingerprint density at radius 2 is 1.28 bits per heavy atom. The lowest BCUT2D eigenvalue weighted by atomic mass is 9.94. The number of ether oxygens (including phenoxy) is 3. The van der Waals surface area contributed by atoms with Crippen LogP contribution in [-0.2, 0) is 14.2 Å². The van der Waals surface area contributed by atoms with E-state index in [1.165, 1.54) is 7.11 Å². The number of hydrogen-bond donors (Lipinski definition) is 2. The summed E-state index contributed by atoms with van der Waals surface area (Å²) in [5.74, 6) is -1.69. The lowest BCUT2D eigenvalue weighted by molar-refractivity contribution is -0.0924. The zero-order chi connectivity index (χ0) is 21.2. The third-order valence-corrected chi connectivity index (χ3v) is 4.60. The van der Waals surface area contributed by atoms with Gasteiger partial charge in [0.1, 0.15) is 19.3 Å². The highest BCUT2D eigenvalue weighted by Gasteiger charge is 2.31. The number of methoxy groups -OCH3 is 1. The molecule has 0 aliphatic rings. The first-order valence-corrected chi connectivity index (χ1v) is 9.27. The summed E-state index contributed by atoms with van der Waals surface area (Å²) >= 11 is 0. The Hall–Kier alpha value is -2.74. The number of carbonyl (C=O) groups excluding carboxylic acids is 2. The molecule has 2 N–H and O–H groups in total. The lowest BCUT2D eigenvalue weighted by Crippen LogP contribution is -2.43. The minimum absolute atomic E-state index is 0.0982. The van der Waals surface area contributed by atoms with E-state index in [9.17, 15) is 19.8 Å². The number of carbonyl (C=O) groups is 2. The van der Waals surface area contributed by atoms with Gasteiger partial charge in [0.15, 0.2) is 0 Å². The first kappa shape index (κ1) is 22.5. The summed E-state index contributed by atoms with van der Waals surface area (Å²) in [7, 11) is 1.42. The number of hydrogen-bond acceptors (Lipinski definition) is 7. The summed E-state index contributed by atoms with van der Waals surface area (Å²) in [4.78, 5) is 24.0. The molecule has 0 aliphatic carbocycles. The molecule has 7 nitrogen and oxygen atoms in total. The molecule has 2 aromatic carbocycles. The number of esters is 2. The molecule has 2 rings (SSSR count). The number of aliphatic hydroxyl groups is 2. The first-order chi connectivity index (χ1) is 13.9. The van der Waals surface area contributed by atoms with E-state index in [1.54, 1.807) is 67.6 Å². The van der Waals surface area contributed by atoms with Gasteiger partial charge in [-0.15, -0.1) is 0 Å². The normalized spacial score (nSPS) is 15.0. The maximum absolute atomic E-state index is 12.1. The predicted octanol–water partition coefficient (Wildman–Crippen LogP) is 2.07. The van der Waals surface area contributed by atoms with E-state index < -0.39 is 36.2 Å². The topological polar surface area (TPSA) is 102 Å². The van der Waals surface area contributed by atoms with Crippen LogP contribution in [0.2, 0.25) is 0 Å². The fourth-order valence-corrected chi connectivity index (χ4v) is 2.74. The van der Waals surface area contributed by atoms with Crippen LogP contribution in [-0.4, -0.2) is 60.8 Å². The Morgan fingerprint density at radius 3 is 1.72 bits per heavy atom. The van der Waals surface area contributed by atoms with Crippen molar-refractivity contribution in [2.75, 3.05) is 20.3 Å². The zero-order valence-corrected chi connectivity index (χ0v) is 16.4. The molecule has 156 valence electrons. The van der Waals surface area contributed by atoms with Crippen LogP contribution in [0.25, 0.3) is 0 Å². The quantitative estimate of drug-likeness (QED) is 0.587. The van der Waals surface area contributed by atoms with Crippen molar-refractivity contribution in [2.45, 2.75) is 25.2 Å². The molecule has 0 saturated carbocycles. The van der Waals surface area contributed by atoms with E-state index >= 15 is 0 Å². The second-order valence-corrected chi connectivity index (χ2v) is 6.62. The number of rotatable bonds is 10. The maximum atomic E-state index is 12.1. The minimum atomic E-state index is -1.32. The molecular weight excluding hydrogens is 376 g/mol. The third kappa shape index (κ3) is 6.67. The Bertz CT molecular complexity index is 763. The molecule has 0 heterocycles. The summed E-state index contributed by atoms with van der Waals surface area (Å²) < 4.78 is 15.6. The average molecular weight is 402 g/mol. The highest BCUT2D eigenvalue weighted by molar-refractivity contribution is 5.89. The monoisotopic (exact) mass is 402 g/mol. The van der Waals surface area contributed by atoms with Crippen LogP contribution < -0.4 is 0 Å². The number of benzene rings is 2. The van der Waals surface area contributed by atoms with Crippen molar-refractivity contribution in [1.29, 1.82) is 0 Å². The van der Waals surface area contributed by atoms with Crippen molar-refractivity contribution in [1.82, 2.24) is 0 Å². The summed E-state index contributed by atoms with van der Waals surface area (Å²) in [5, 5.41) is 20.6. The van der Waals surface area contributed by atoms with Crippen molar-refractivity contribution >= 4 is 11.9 Å². The van der Waals surface area contributed by atoms with E-state index in [0.29, 0.717) is 11.1 Å². The average Bonchev–Trinajstić information content (AvgIpc) is 2.77. The van der Waals surface area contributed by atoms with Gasteiger partial charge >= 0.3 is 11.9 Å². The Balaban J connectivity index is 1.84. The van der Waals surface area contributed by atoms with Crippen molar-refractivity contribution in [2.24, 2.45) is 5.92 Å². The van der Waals surface area contributed by atoms with Gasteiger partial charge in [-0.3, -0.25) is 0 Å². The number of aliphatic hydroxyl groups excluding tert-OH is 2. The Labute approximate surface area is 169 Å². The molecule has 2 aromatic rings. The lowest BCUT2D eigenvalue weighted by Gasteiger charge is -2.29. The van der Waals surface area contributed by atoms with Gasteiger partial charge in [-0.25, -0.2) is 9.59 Å². The zero-order valence-electron chi connectivity index (χ0n) is 16.4. The molecule has 0 unspecified atom stereocenters. The van der Waals surface area contributed by atoms with Gasteiger partial charge in [-0.05, 0) is 24.3 Å². The smallest absolute Gasteiger partial charge is 0.338 e. The minimum Gasteiger partial charge on any atom is -0.459 e. The molecule has 4 atom stereocenters. The molecular formula is C22H26O7. The first-order valence-electron chi connectivity index (χ1n) is 9.27. The van der Waals surface area contributed by atoms with Gasteiger partial charge in [0, 0.05) is 13.0 Å². The van der Waals surface area contributed by atoms with Crippen LogP contribution in [0, 0.1) is 5.92 Å². The fraction of sp³-hybridized carbons (Fsp3) is 0.364. The van der Waals surface area contributed by atoms with Crippen LogP contribution in [0.3, 0.4) is 0 Å². The molecule has 0 amide bonds. The van der Waals surface area contributed by atoms with Crippen molar-refractivity contribution in [3.8, 4) is 0 Å². The predicted molar refractivity (Wildman–Crippen MR) is 105 cm³/mol. The highest BCUT2D eigenvalue weighted by Crippen LogP contribution is 2.17. The summed E-state index contributed by atoms with van der Waals surface area (Å²) in [6, 6.07) is 16.9. The van der Waals surface area contributed by atoms with Gasteiger partial charge in [0.2, 0.25) is 0 Å². The van der Waals surface area contributed by atoms with E-state index in [-0.39, 0.29) is 13.2 Å². The highest BCUT2D eigenvalue weighted by atomic mass is 16.6. The van der Waals surface area contributed by atoms with Gasteiger partial charge < -0.3 is 24.4 Å². The molecule has 0 bridgehead atoms. The standard InChI is InChI=1S/C22H26O7/c1-15(19(27-2)14-29-22(26)17-11-7-4-8-12-17)20(24)18(23)13-28-21(25)16-9-5-3-6-10-16/h3-12,15,18-20,23-24H,13-14H2,1-2H3/t15-,18+,19+,20-/m1/s1. The van der Waals surface area contributed by atoms with E-state index in [2.05, 4.69) is 0 Å². The van der Waals surface area contributed by atoms with Gasteiger partial charge in [-0.2, -0.15) is 0 Å². The van der Waals surface area contributed by atoms with Crippen LogP contribution in [0.15, 0.2) is 60.7 Å². The van der Waals surface area contributed by atoms with Crippen LogP contribution in [0.5, 0.6) is 0 Å². The fourth-order valence-electron chi connectivity index (χ4n) is 2.74. The van der Waals surface area contributed by atoms with E-state index in [1.807, 2.05) is 0 Å². The van der Waals surface area contributed by atoms with Crippen molar-refractivity contribution in [3.63, 3.8) is 0 Å². The molecule has 0 saturated heterocycles. The summed E-state index contributed by atoms with van der Waals surface area (Å²) in [6.07, 6.45) is -3.23. The van der Waals surface area contributed by atoms with Crippen LogP contribution >= 0.6 is 0 Å². The van der Waals surface area contributed by atoms with Gasteiger partial charge in [0.25, 0.3) is 0 Å². The van der Waals surface area contributed by atoms with E-state index in [0.717, 1.165) is 0 Å². The van der Waals surface area contributed by atoms with Crippen LogP contribution in [0.1, 0.15) is 27.6 Å². The molecule has 0 fully saturated rings. The van der Waals surface area contributed by atoms with Gasteiger partial charge in [0.05, 0.1) is 23.3 Å². The Kier molecular flexibility index (Phi) is 8.79. The van der Waals surface area contributed by atoms with Crippen molar-refractivity contribution in [3.05, 3.63) is 71.8 Å². The van der Waals surface area contributed by atoms with Crippen molar-refractivity contribution < 1.29 is 34.0 Å². The van der Waals surface area contributed by atoms with Crippen LogP contribution in [0.4, 0.5) is 0 Å². The molecule has 29 heavy (non-hydrogen) atoms. The van der Waals surface area contributed by atoms with E-state index in [4.69, 9.17) is 14.2 Å². The molecule has 0 spiro atoms. The Morgan fingerprint density at radius 1 is 0.828 bits per heavy atom. The largest absolute Gasteiger partial charge is 0.459 e. The second-order valence-electron chi connectivity index (χ2n) is 6.62. The molecule has 0 radical (unpaired) electrons. The maximum Gasteiger partial charge on any atom is 0.338 e.